The average Bonchev–Trinajstić information content (AvgIpc) is 2.80. The Kier molecular flexibility index (Phi) is 1.89. The van der Waals surface area contributed by atoms with Gasteiger partial charge in [-0.1, -0.05) is 44.1 Å². The van der Waals surface area contributed by atoms with Gasteiger partial charge in [-0.2, -0.15) is 0 Å². The summed E-state index contributed by atoms with van der Waals surface area (Å²) in [6.45, 7) is 1.60. The van der Waals surface area contributed by atoms with E-state index in [1.165, 1.54) is 5.32 Å². The molecule has 0 bridgehead atoms. The van der Waals surface area contributed by atoms with Crippen LogP contribution in [0, 0.1) is 17.7 Å². The van der Waals surface area contributed by atoms with E-state index in [0.717, 1.165) is 13.8 Å². The summed E-state index contributed by atoms with van der Waals surface area (Å²) in [5, 5.41) is 11.1. The quantitative estimate of drug-likeness (QED) is 0.838. The molecule has 0 aliphatic heterocycles. The second kappa shape index (κ2) is 8.14. The molecule has 0 radical (unpaired) electrons. The highest BCUT2D eigenvalue weighted by atomic mass is 16.4. The fourth-order valence-electron chi connectivity index (χ4n) is 1.51. The molecule has 1 aliphatic rings. The van der Waals surface area contributed by atoms with Gasteiger partial charge in [-0.15, -0.1) is 0 Å². The van der Waals surface area contributed by atoms with Crippen molar-refractivity contribution in [2.45, 2.75) is 51.8 Å². The van der Waals surface area contributed by atoms with Gasteiger partial charge in [0.25, 0.3) is 0 Å². The fourth-order valence-corrected chi connectivity index (χ4v) is 1.51. The van der Waals surface area contributed by atoms with Crippen molar-refractivity contribution >= 4 is 11.9 Å². The lowest BCUT2D eigenvalue weighted by molar-refractivity contribution is -0.142. The van der Waals surface area contributed by atoms with Crippen LogP contribution in [0.2, 0.25) is 0 Å². The molecule has 2 rings (SSSR count). The number of carboxylic acids is 1. The minimum absolute atomic E-state index is 0.800. The van der Waals surface area contributed by atoms with Crippen LogP contribution in [0.15, 0.2) is 30.2 Å². The molecule has 1 aromatic rings. The summed E-state index contributed by atoms with van der Waals surface area (Å²) in [5.41, 5.74) is -1.27. The zero-order valence-electron chi connectivity index (χ0n) is 30.3. The smallest absolute Gasteiger partial charge is 0.326 e. The van der Waals surface area contributed by atoms with E-state index in [4.69, 9.17) is 24.7 Å². The molecule has 1 aromatic carbocycles. The summed E-state index contributed by atoms with van der Waals surface area (Å²) >= 11 is 0. The Hall–Kier alpha value is -1.84. The van der Waals surface area contributed by atoms with Crippen molar-refractivity contribution in [3.8, 4) is 0 Å². The molecule has 126 valence electrons. The van der Waals surface area contributed by atoms with Crippen molar-refractivity contribution in [1.82, 2.24) is 5.32 Å². The molecule has 0 saturated heterocycles. The largest absolute Gasteiger partial charge is 0.480 e. The van der Waals surface area contributed by atoms with Crippen molar-refractivity contribution < 1.29 is 39.4 Å². The van der Waals surface area contributed by atoms with Crippen molar-refractivity contribution in [2.75, 3.05) is 0 Å². The maximum Gasteiger partial charge on any atom is 0.326 e. The fraction of sp³-hybridized carbons (Fsp3) is 0.579. The third-order valence-corrected chi connectivity index (χ3v) is 2.66. The number of rotatable bonds is 6. The van der Waals surface area contributed by atoms with E-state index in [1.807, 2.05) is 0 Å². The van der Waals surface area contributed by atoms with Crippen LogP contribution in [0.4, 0.5) is 0 Å². The van der Waals surface area contributed by atoms with E-state index in [1.54, 1.807) is 0 Å². The van der Waals surface area contributed by atoms with Crippen molar-refractivity contribution in [3.63, 3.8) is 0 Å². The van der Waals surface area contributed by atoms with Gasteiger partial charge >= 0.3 is 5.97 Å². The highest BCUT2D eigenvalue weighted by molar-refractivity contribution is 5.85. The second-order valence-electron chi connectivity index (χ2n) is 4.64. The predicted molar refractivity (Wildman–Crippen MR) is 90.0 cm³/mol. The molecule has 4 nitrogen and oxygen atoms in total. The first kappa shape index (κ1) is 5.33. The maximum atomic E-state index is 13.5. The normalized spacial score (nSPS) is 50.2. The van der Waals surface area contributed by atoms with Crippen LogP contribution in [-0.4, -0.2) is 23.0 Å². The zero-order valence-corrected chi connectivity index (χ0v) is 12.3. The molecule has 4 heteroatoms. The Morgan fingerprint density at radius 2 is 2.00 bits per heavy atom. The summed E-state index contributed by atoms with van der Waals surface area (Å²) in [5.74, 6) is -15.2. The molecule has 0 spiro atoms. The molecule has 0 unspecified atom stereocenters. The van der Waals surface area contributed by atoms with Crippen LogP contribution < -0.4 is 5.32 Å². The SMILES string of the molecule is [2H]c1c([2H])c([2H])c(C([2H])([2H])[C@@H](NC(=O)C2([2H])C([2H])([2H])C([2H])([2H])C([2H])(C([2H])(C)C)C([2H])([2H])C2([2H])[2H])C(=O)O)c([2H])c1[2H]. The summed E-state index contributed by atoms with van der Waals surface area (Å²) < 4.78 is 148. The lowest BCUT2D eigenvalue weighted by Crippen LogP contribution is -2.45. The predicted octanol–water partition coefficient (Wildman–Crippen LogP) is 3.26. The zero-order chi connectivity index (χ0) is 32.9. The van der Waals surface area contributed by atoms with Crippen LogP contribution in [-0.2, 0) is 16.0 Å². The molecule has 0 aromatic heterocycles. The summed E-state index contributed by atoms with van der Waals surface area (Å²) in [6.07, 6.45) is -20.0. The highest BCUT2D eigenvalue weighted by Crippen LogP contribution is 2.33. The van der Waals surface area contributed by atoms with Crippen molar-refractivity contribution in [1.29, 1.82) is 0 Å². The van der Waals surface area contributed by atoms with Gasteiger partial charge in [0.2, 0.25) is 5.91 Å². The van der Waals surface area contributed by atoms with Gasteiger partial charge in [-0.3, -0.25) is 4.79 Å². The van der Waals surface area contributed by atoms with Crippen LogP contribution in [0.5, 0.6) is 0 Å². The van der Waals surface area contributed by atoms with E-state index in [-0.39, 0.29) is 0 Å². The molecule has 0 heterocycles. The lowest BCUT2D eigenvalue weighted by atomic mass is 9.76. The molecular weight excluding hydrogens is 290 g/mol. The standard InChI is InChI=1S/C19H27NO3/c1-13(2)15-8-10-16(11-9-15)18(21)20-17(19(22)23)12-14-6-4-3-5-7-14/h3-7,13,15-17H,8-12H2,1-2H3,(H,20,21)(H,22,23)/t15?,16?,17-/m1/s1/i3D,4D,5D,6D,7D,8D2,9D2,10D2,11D2,12D2,13D,15D,16D. The van der Waals surface area contributed by atoms with Crippen LogP contribution in [0.3, 0.4) is 0 Å². The van der Waals surface area contributed by atoms with Gasteiger partial charge < -0.3 is 10.4 Å². The molecule has 1 atom stereocenters. The van der Waals surface area contributed by atoms with Gasteiger partial charge in [-0.05, 0) is 42.8 Å². The number of carboxylic acid groups (broad SMARTS) is 1. The third kappa shape index (κ3) is 5.08. The van der Waals surface area contributed by atoms with E-state index >= 15 is 0 Å². The molecule has 1 amide bonds. The number of aliphatic carboxylic acids is 1. The maximum absolute atomic E-state index is 13.5. The Morgan fingerprint density at radius 3 is 2.52 bits per heavy atom. The Bertz CT molecular complexity index is 1230. The first-order valence-electron chi connectivity index (χ1n) is 15.5. The number of nitrogens with one attached hydrogen (secondary N) is 1. The van der Waals surface area contributed by atoms with Gasteiger partial charge in [0.15, 0.2) is 0 Å². The molecule has 1 saturated carbocycles. The summed E-state index contributed by atoms with van der Waals surface area (Å²) in [7, 11) is 0. The van der Waals surface area contributed by atoms with Gasteiger partial charge in [-0.25, -0.2) is 4.79 Å². The van der Waals surface area contributed by atoms with Crippen molar-refractivity contribution in [3.05, 3.63) is 35.8 Å². The van der Waals surface area contributed by atoms with Gasteiger partial charge in [0.1, 0.15) is 6.04 Å². The minimum Gasteiger partial charge on any atom is -0.480 e. The van der Waals surface area contributed by atoms with E-state index in [2.05, 4.69) is 0 Å². The van der Waals surface area contributed by atoms with Gasteiger partial charge in [0.05, 0.1) is 6.85 Å². The van der Waals surface area contributed by atoms with Crippen LogP contribution in [0.1, 0.15) is 69.6 Å². The van der Waals surface area contributed by atoms with E-state index in [0.29, 0.717) is 0 Å². The number of carbonyl (C=O) groups is 2. The topological polar surface area (TPSA) is 66.4 Å². The molecule has 1 aliphatic carbocycles. The van der Waals surface area contributed by atoms with Gasteiger partial charge in [0, 0.05) is 30.1 Å². The molecule has 23 heavy (non-hydrogen) atoms. The molecule has 1 fully saturated rings. The first-order chi connectivity index (χ1) is 17.9. The number of amides is 1. The van der Waals surface area contributed by atoms with Crippen LogP contribution in [0.25, 0.3) is 0 Å². The first-order valence-corrected chi connectivity index (χ1v) is 6.50. The number of hydrogen-bond donors (Lipinski definition) is 2. The second-order valence-corrected chi connectivity index (χ2v) is 4.64. The average molecular weight is 336 g/mol. The Balaban J connectivity index is 2.86. The number of benzene rings is 1. The Morgan fingerprint density at radius 1 is 1.39 bits per heavy atom. The Labute approximate surface area is 163 Å². The van der Waals surface area contributed by atoms with E-state index in [9.17, 15) is 14.7 Å². The number of carbonyl (C=O) groups excluding carboxylic acids is 1. The summed E-state index contributed by atoms with van der Waals surface area (Å²) in [4.78, 5) is 25.6. The third-order valence-electron chi connectivity index (χ3n) is 2.66. The van der Waals surface area contributed by atoms with E-state index < -0.39 is 103 Å². The number of hydrogen-bond acceptors (Lipinski definition) is 2. The highest BCUT2D eigenvalue weighted by Gasteiger charge is 2.30. The van der Waals surface area contributed by atoms with Crippen LogP contribution >= 0.6 is 0 Å². The lowest BCUT2D eigenvalue weighted by Gasteiger charge is -2.30. The molecule has 2 N–H and O–H groups in total. The summed E-state index contributed by atoms with van der Waals surface area (Å²) in [6, 6.07) is -8.57. The van der Waals surface area contributed by atoms with Crippen molar-refractivity contribution in [2.24, 2.45) is 17.7 Å². The molecular formula is C19H27NO3. The monoisotopic (exact) mass is 335 g/mol. The minimum atomic E-state index is -4.29.